The number of rotatable bonds is 4. The van der Waals surface area contributed by atoms with Crippen LogP contribution in [0.3, 0.4) is 0 Å². The van der Waals surface area contributed by atoms with Crippen LogP contribution in [0, 0.1) is 11.8 Å². The summed E-state index contributed by atoms with van der Waals surface area (Å²) in [6.45, 7) is 4.25. The van der Waals surface area contributed by atoms with E-state index in [1.165, 1.54) is 18.2 Å². The molecule has 1 aliphatic heterocycles. The highest BCUT2D eigenvalue weighted by molar-refractivity contribution is 5.93. The van der Waals surface area contributed by atoms with Gasteiger partial charge in [-0.05, 0) is 24.5 Å². The fourth-order valence-corrected chi connectivity index (χ4v) is 3.26. The first-order valence-electron chi connectivity index (χ1n) is 8.73. The van der Waals surface area contributed by atoms with Gasteiger partial charge in [-0.15, -0.1) is 0 Å². The van der Waals surface area contributed by atoms with Crippen LogP contribution in [0.4, 0.5) is 18.9 Å². The molecule has 8 heteroatoms. The highest BCUT2D eigenvalue weighted by Crippen LogP contribution is 2.39. The zero-order chi connectivity index (χ0) is 18.9. The summed E-state index contributed by atoms with van der Waals surface area (Å²) in [5, 5.41) is 2.35. The first-order valence-corrected chi connectivity index (χ1v) is 8.73. The molecule has 1 aliphatic carbocycles. The average molecular weight is 369 g/mol. The van der Waals surface area contributed by atoms with E-state index in [0.717, 1.165) is 12.5 Å². The topological polar surface area (TPSA) is 52.7 Å². The first kappa shape index (κ1) is 18.7. The smallest absolute Gasteiger partial charge is 0.340 e. The lowest BCUT2D eigenvalue weighted by molar-refractivity contribution is -0.137. The number of carbonyl (C=O) groups is 2. The van der Waals surface area contributed by atoms with Crippen molar-refractivity contribution < 1.29 is 22.8 Å². The third-order valence-electron chi connectivity index (χ3n) is 4.98. The lowest BCUT2D eigenvalue weighted by Gasteiger charge is -2.34. The fourth-order valence-electron chi connectivity index (χ4n) is 3.26. The van der Waals surface area contributed by atoms with E-state index in [9.17, 15) is 22.8 Å². The van der Waals surface area contributed by atoms with E-state index in [1.54, 1.807) is 0 Å². The molecule has 0 unspecified atom stereocenters. The number of para-hydroxylation sites is 1. The maximum atomic E-state index is 13.0. The number of piperazine rings is 1. The molecule has 0 bridgehead atoms. The predicted octanol–water partition coefficient (Wildman–Crippen LogP) is 2.44. The van der Waals surface area contributed by atoms with Crippen molar-refractivity contribution in [2.45, 2.75) is 19.5 Å². The van der Waals surface area contributed by atoms with Crippen LogP contribution in [0.5, 0.6) is 0 Å². The monoisotopic (exact) mass is 369 g/mol. The fraction of sp³-hybridized carbons (Fsp3) is 0.556. The van der Waals surface area contributed by atoms with Gasteiger partial charge in [0.25, 0.3) is 0 Å². The summed E-state index contributed by atoms with van der Waals surface area (Å²) < 4.78 is 38.9. The molecule has 1 aromatic rings. The Morgan fingerprint density at radius 2 is 1.77 bits per heavy atom. The zero-order valence-corrected chi connectivity index (χ0v) is 14.6. The van der Waals surface area contributed by atoms with Gasteiger partial charge in [0.15, 0.2) is 0 Å². The second kappa shape index (κ2) is 7.26. The third-order valence-corrected chi connectivity index (χ3v) is 4.98. The summed E-state index contributed by atoms with van der Waals surface area (Å²) in [5.41, 5.74) is -1.09. The first-order chi connectivity index (χ1) is 12.3. The number of nitrogens with zero attached hydrogens (tertiary/aromatic N) is 2. The third kappa shape index (κ3) is 4.35. The van der Waals surface area contributed by atoms with Crippen LogP contribution in [0.2, 0.25) is 0 Å². The lowest BCUT2D eigenvalue weighted by atomic mass is 10.1. The molecule has 1 saturated heterocycles. The Labute approximate surface area is 150 Å². The molecule has 142 valence electrons. The van der Waals surface area contributed by atoms with Gasteiger partial charge in [-0.2, -0.15) is 13.2 Å². The highest BCUT2D eigenvalue weighted by Gasteiger charge is 2.42. The Kier molecular flexibility index (Phi) is 5.22. The Morgan fingerprint density at radius 1 is 1.15 bits per heavy atom. The van der Waals surface area contributed by atoms with E-state index in [2.05, 4.69) is 12.2 Å². The molecule has 0 radical (unpaired) electrons. The van der Waals surface area contributed by atoms with Crippen molar-refractivity contribution in [3.63, 3.8) is 0 Å². The molecular weight excluding hydrogens is 347 g/mol. The maximum absolute atomic E-state index is 13.0. The highest BCUT2D eigenvalue weighted by atomic mass is 19.4. The number of anilines is 1. The van der Waals surface area contributed by atoms with Gasteiger partial charge in [0.05, 0.1) is 17.8 Å². The Bertz CT molecular complexity index is 685. The number of alkyl halides is 3. The van der Waals surface area contributed by atoms with Gasteiger partial charge in [0.2, 0.25) is 11.8 Å². The van der Waals surface area contributed by atoms with Crippen molar-refractivity contribution in [3.8, 4) is 0 Å². The van der Waals surface area contributed by atoms with Crippen LogP contribution in [-0.2, 0) is 15.8 Å². The quantitative estimate of drug-likeness (QED) is 0.887. The van der Waals surface area contributed by atoms with Crippen molar-refractivity contribution in [1.29, 1.82) is 0 Å². The van der Waals surface area contributed by atoms with Crippen LogP contribution < -0.4 is 5.32 Å². The molecule has 1 heterocycles. The van der Waals surface area contributed by atoms with E-state index >= 15 is 0 Å². The summed E-state index contributed by atoms with van der Waals surface area (Å²) in [7, 11) is 0. The SMILES string of the molecule is C[C@@H]1C[C@@H]1C(=O)N1CCN(CC(=O)Nc2ccccc2C(F)(F)F)CC1. The molecule has 3 rings (SSSR count). The summed E-state index contributed by atoms with van der Waals surface area (Å²) in [6, 6.07) is 4.93. The Hall–Kier alpha value is -2.09. The van der Waals surface area contributed by atoms with Gasteiger partial charge in [-0.3, -0.25) is 14.5 Å². The molecule has 2 amide bonds. The molecule has 2 aliphatic rings. The molecule has 26 heavy (non-hydrogen) atoms. The van der Waals surface area contributed by atoms with Gasteiger partial charge < -0.3 is 10.2 Å². The average Bonchev–Trinajstić information content (AvgIpc) is 3.31. The summed E-state index contributed by atoms with van der Waals surface area (Å²) >= 11 is 0. The van der Waals surface area contributed by atoms with Gasteiger partial charge in [0.1, 0.15) is 0 Å². The van der Waals surface area contributed by atoms with Crippen LogP contribution in [-0.4, -0.2) is 54.3 Å². The van der Waals surface area contributed by atoms with Gasteiger partial charge in [0, 0.05) is 32.1 Å². The van der Waals surface area contributed by atoms with Crippen molar-refractivity contribution in [2.75, 3.05) is 38.0 Å². The van der Waals surface area contributed by atoms with Crippen molar-refractivity contribution in [3.05, 3.63) is 29.8 Å². The normalized spacial score (nSPS) is 23.6. The molecule has 1 saturated carbocycles. The van der Waals surface area contributed by atoms with E-state index in [-0.39, 0.29) is 24.1 Å². The summed E-state index contributed by atoms with van der Waals surface area (Å²) in [4.78, 5) is 28.0. The standard InChI is InChI=1S/C18H22F3N3O2/c1-12-10-13(12)17(26)24-8-6-23(7-9-24)11-16(25)22-15-5-3-2-4-14(15)18(19,20)21/h2-5,12-13H,6-11H2,1H3,(H,22,25)/t12-,13+/m1/s1. The molecule has 0 spiro atoms. The minimum atomic E-state index is -4.52. The van der Waals surface area contributed by atoms with Crippen LogP contribution in [0.15, 0.2) is 24.3 Å². The second-order valence-electron chi connectivity index (χ2n) is 7.01. The minimum Gasteiger partial charge on any atom is -0.340 e. The van der Waals surface area contributed by atoms with Gasteiger partial charge in [-0.1, -0.05) is 19.1 Å². The lowest BCUT2D eigenvalue weighted by Crippen LogP contribution is -2.51. The number of hydrogen-bond donors (Lipinski definition) is 1. The van der Waals surface area contributed by atoms with Crippen molar-refractivity contribution in [2.24, 2.45) is 11.8 Å². The minimum absolute atomic E-state index is 0.00799. The van der Waals surface area contributed by atoms with Crippen molar-refractivity contribution in [1.82, 2.24) is 9.80 Å². The molecule has 0 aromatic heterocycles. The number of hydrogen-bond acceptors (Lipinski definition) is 3. The van der Waals surface area contributed by atoms with E-state index < -0.39 is 17.6 Å². The van der Waals surface area contributed by atoms with Crippen LogP contribution >= 0.6 is 0 Å². The van der Waals surface area contributed by atoms with E-state index in [1.807, 2.05) is 9.80 Å². The Balaban J connectivity index is 1.50. The van der Waals surface area contributed by atoms with Crippen LogP contribution in [0.1, 0.15) is 18.9 Å². The molecular formula is C18H22F3N3O2. The maximum Gasteiger partial charge on any atom is 0.418 e. The second-order valence-corrected chi connectivity index (χ2v) is 7.01. The number of halogens is 3. The number of nitrogens with one attached hydrogen (secondary N) is 1. The molecule has 5 nitrogen and oxygen atoms in total. The molecule has 1 aromatic carbocycles. The Morgan fingerprint density at radius 3 is 2.35 bits per heavy atom. The number of benzene rings is 1. The molecule has 1 N–H and O–H groups in total. The molecule has 2 atom stereocenters. The predicted molar refractivity (Wildman–Crippen MR) is 90.4 cm³/mol. The van der Waals surface area contributed by atoms with Gasteiger partial charge >= 0.3 is 6.18 Å². The molecule has 2 fully saturated rings. The van der Waals surface area contributed by atoms with E-state index in [0.29, 0.717) is 32.1 Å². The van der Waals surface area contributed by atoms with Crippen molar-refractivity contribution >= 4 is 17.5 Å². The number of amides is 2. The largest absolute Gasteiger partial charge is 0.418 e. The summed E-state index contributed by atoms with van der Waals surface area (Å²) in [5.74, 6) is 0.293. The van der Waals surface area contributed by atoms with Crippen LogP contribution in [0.25, 0.3) is 0 Å². The van der Waals surface area contributed by atoms with E-state index in [4.69, 9.17) is 0 Å². The number of carbonyl (C=O) groups excluding carboxylic acids is 2. The summed E-state index contributed by atoms with van der Waals surface area (Å²) in [6.07, 6.45) is -3.57. The zero-order valence-electron chi connectivity index (χ0n) is 14.6. The van der Waals surface area contributed by atoms with Gasteiger partial charge in [-0.25, -0.2) is 0 Å².